The molecule has 0 amide bonds. The summed E-state index contributed by atoms with van der Waals surface area (Å²) in [4.78, 5) is 37.2. The van der Waals surface area contributed by atoms with E-state index in [1.54, 1.807) is 18.2 Å². The molecule has 13 heteroatoms. The zero-order chi connectivity index (χ0) is 27.3. The molecule has 0 heterocycles. The third kappa shape index (κ3) is 7.67. The van der Waals surface area contributed by atoms with E-state index in [1.807, 2.05) is 12.1 Å². The molecular weight excluding hydrogens is 472 g/mol. The van der Waals surface area contributed by atoms with Crippen molar-refractivity contribution in [3.63, 3.8) is 0 Å². The number of allylic oxidation sites excluding steroid dienone is 1. The highest BCUT2D eigenvalue weighted by Crippen LogP contribution is 2.29. The maximum absolute atomic E-state index is 12.0. The van der Waals surface area contributed by atoms with Crippen molar-refractivity contribution in [2.75, 3.05) is 0 Å². The van der Waals surface area contributed by atoms with Crippen molar-refractivity contribution in [3.8, 4) is 23.0 Å². The van der Waals surface area contributed by atoms with Gasteiger partial charge in [0.1, 0.15) is 23.0 Å². The summed E-state index contributed by atoms with van der Waals surface area (Å²) in [5.74, 6) is -2.55. The highest BCUT2D eigenvalue weighted by Gasteiger charge is 2.19. The average Bonchev–Trinajstić information content (AvgIpc) is 2.83. The number of rotatable bonds is 2. The number of hydrogen-bond donors (Lipinski definition) is 4. The molecule has 4 rings (SSSR count). The number of Topliss-reactive ketones (excluding diaryl/α,β-unsaturated/α-hetero) is 1. The fourth-order valence-electron chi connectivity index (χ4n) is 2.79. The lowest BCUT2D eigenvalue weighted by Gasteiger charge is -2.06. The molecule has 0 saturated carbocycles. The molecule has 4 N–H and O–H groups in total. The van der Waals surface area contributed by atoms with E-state index in [9.17, 15) is 24.6 Å². The lowest BCUT2D eigenvalue weighted by molar-refractivity contribution is -0.110. The summed E-state index contributed by atoms with van der Waals surface area (Å²) in [6.45, 7) is 0. The molecule has 3 aromatic rings. The molecule has 0 aromatic heterocycles. The highest BCUT2D eigenvalue weighted by molar-refractivity contribution is 6.49. The van der Waals surface area contributed by atoms with Crippen LogP contribution in [-0.4, -0.2) is 37.8 Å². The zero-order valence-electron chi connectivity index (χ0n) is 18.1. The van der Waals surface area contributed by atoms with E-state index < -0.39 is 17.3 Å². The zero-order valence-corrected chi connectivity index (χ0v) is 18.1. The fraction of sp³-hybridized carbons (Fsp3) is 0. The Morgan fingerprint density at radius 3 is 1.56 bits per heavy atom. The molecule has 13 nitrogen and oxygen atoms in total. The summed E-state index contributed by atoms with van der Waals surface area (Å²) in [5.41, 5.74) is 28.2. The number of carbonyl (C=O) groups is 3. The molecule has 0 atom stereocenters. The molecule has 1 aliphatic rings. The smallest absolute Gasteiger partial charge is 0.233 e. The third-order valence-corrected chi connectivity index (χ3v) is 4.30. The normalized spacial score (nSPS) is 10.4. The van der Waals surface area contributed by atoms with E-state index in [0.717, 1.165) is 17.7 Å². The molecule has 36 heavy (non-hydrogen) atoms. The van der Waals surface area contributed by atoms with Crippen LogP contribution in [0, 0.1) is 0 Å². The SMILES string of the molecule is O=C(c1ccc(O)cc1O)c1ccc(O)cc1O.O=C1C=Cc2ccccc2C1=O.[N-]=[N+]=[N-].[N-]=[N+]=[N-]. The van der Waals surface area contributed by atoms with Crippen LogP contribution in [-0.2, 0) is 4.79 Å². The first-order valence-corrected chi connectivity index (χ1v) is 9.52. The molecule has 0 spiro atoms. The van der Waals surface area contributed by atoms with Crippen LogP contribution in [0.1, 0.15) is 31.8 Å². The van der Waals surface area contributed by atoms with Gasteiger partial charge in [-0.15, -0.1) is 0 Å². The van der Waals surface area contributed by atoms with Crippen molar-refractivity contribution in [1.82, 2.24) is 0 Å². The Morgan fingerprint density at radius 1 is 0.667 bits per heavy atom. The maximum Gasteiger partial charge on any atom is 0.233 e. The van der Waals surface area contributed by atoms with Gasteiger partial charge in [0.2, 0.25) is 11.6 Å². The van der Waals surface area contributed by atoms with Crippen LogP contribution in [0.2, 0.25) is 0 Å². The largest absolute Gasteiger partial charge is 0.508 e. The van der Waals surface area contributed by atoms with E-state index in [4.69, 9.17) is 32.3 Å². The molecule has 0 bridgehead atoms. The van der Waals surface area contributed by atoms with Crippen LogP contribution < -0.4 is 0 Å². The van der Waals surface area contributed by atoms with E-state index in [-0.39, 0.29) is 34.1 Å². The Kier molecular flexibility index (Phi) is 10.8. The number of hydrogen-bond acceptors (Lipinski definition) is 7. The van der Waals surface area contributed by atoms with Gasteiger partial charge in [-0.1, -0.05) is 30.3 Å². The van der Waals surface area contributed by atoms with Crippen LogP contribution >= 0.6 is 0 Å². The van der Waals surface area contributed by atoms with Crippen LogP contribution in [0.25, 0.3) is 38.0 Å². The van der Waals surface area contributed by atoms with Crippen LogP contribution in [0.5, 0.6) is 23.0 Å². The summed E-state index contributed by atoms with van der Waals surface area (Å²) in [6.07, 6.45) is 2.98. The number of phenolic OH excluding ortho intramolecular Hbond substituents is 4. The number of nitrogens with zero attached hydrogens (tertiary/aromatic N) is 6. The molecule has 182 valence electrons. The van der Waals surface area contributed by atoms with Gasteiger partial charge in [-0.25, -0.2) is 0 Å². The van der Waals surface area contributed by atoms with Gasteiger partial charge < -0.3 is 42.6 Å². The summed E-state index contributed by atoms with van der Waals surface area (Å²) < 4.78 is 0. The van der Waals surface area contributed by atoms with E-state index in [2.05, 4.69) is 0 Å². The molecule has 1 aliphatic carbocycles. The quantitative estimate of drug-likeness (QED) is 0.127. The third-order valence-electron chi connectivity index (χ3n) is 4.30. The van der Waals surface area contributed by atoms with Crippen molar-refractivity contribution in [2.24, 2.45) is 0 Å². The Bertz CT molecular complexity index is 1320. The summed E-state index contributed by atoms with van der Waals surface area (Å²) in [7, 11) is 0. The first kappa shape index (κ1) is 28.3. The number of carbonyl (C=O) groups excluding carboxylic acids is 3. The van der Waals surface area contributed by atoms with Gasteiger partial charge in [0.15, 0.2) is 5.78 Å². The Hall–Kier alpha value is -5.77. The molecule has 3 aromatic carbocycles. The molecule has 0 radical (unpaired) electrons. The number of benzene rings is 3. The minimum absolute atomic E-state index is 0.0474. The van der Waals surface area contributed by atoms with E-state index in [0.29, 0.717) is 5.56 Å². The monoisotopic (exact) mass is 488 g/mol. The first-order chi connectivity index (χ1) is 17.1. The van der Waals surface area contributed by atoms with Crippen LogP contribution in [0.4, 0.5) is 0 Å². The second-order valence-electron chi connectivity index (χ2n) is 6.52. The predicted molar refractivity (Wildman–Crippen MR) is 128 cm³/mol. The topological polar surface area (TPSA) is 250 Å². The van der Waals surface area contributed by atoms with Crippen LogP contribution in [0.15, 0.2) is 66.7 Å². The van der Waals surface area contributed by atoms with Crippen molar-refractivity contribution in [1.29, 1.82) is 0 Å². The molecule has 0 fully saturated rings. The average molecular weight is 488 g/mol. The first-order valence-electron chi connectivity index (χ1n) is 9.52. The summed E-state index contributed by atoms with van der Waals surface area (Å²) in [6, 6.07) is 14.1. The Labute approximate surface area is 202 Å². The lowest BCUT2D eigenvalue weighted by atomic mass is 9.96. The van der Waals surface area contributed by atoms with Crippen molar-refractivity contribution >= 4 is 23.4 Å². The van der Waals surface area contributed by atoms with Crippen LogP contribution in [0.3, 0.4) is 0 Å². The fourth-order valence-corrected chi connectivity index (χ4v) is 2.79. The number of ketones is 3. The van der Waals surface area contributed by atoms with Crippen molar-refractivity contribution in [3.05, 3.63) is 121 Å². The van der Waals surface area contributed by atoms with Gasteiger partial charge in [0, 0.05) is 17.7 Å². The molecule has 0 unspecified atom stereocenters. The van der Waals surface area contributed by atoms with Crippen molar-refractivity contribution < 1.29 is 34.8 Å². The summed E-state index contributed by atoms with van der Waals surface area (Å²) >= 11 is 0. The van der Waals surface area contributed by atoms with Gasteiger partial charge in [-0.2, -0.15) is 0 Å². The highest BCUT2D eigenvalue weighted by atomic mass is 16.3. The number of aromatic hydroxyl groups is 4. The summed E-state index contributed by atoms with van der Waals surface area (Å²) in [5, 5.41) is 37.4. The number of fused-ring (bicyclic) bond motifs is 1. The van der Waals surface area contributed by atoms with Crippen molar-refractivity contribution in [2.45, 2.75) is 0 Å². The second-order valence-corrected chi connectivity index (χ2v) is 6.52. The lowest BCUT2D eigenvalue weighted by Crippen LogP contribution is -2.15. The second kappa shape index (κ2) is 13.7. The molecular formula is C23H16N6O7-2. The maximum atomic E-state index is 12.0. The van der Waals surface area contributed by atoms with Gasteiger partial charge >= 0.3 is 0 Å². The molecule has 0 saturated heterocycles. The molecule has 0 aliphatic heterocycles. The van der Waals surface area contributed by atoms with Gasteiger partial charge in [-0.3, -0.25) is 24.2 Å². The standard InChI is InChI=1S/C13H10O5.C10H6O2.2N3/c14-7-1-3-9(11(16)5-7)13(18)10-4-2-8(15)6-12(10)17;11-9-6-5-7-3-1-2-4-8(7)10(9)12;2*1-3-2/h1-6,14-17H;1-6H;;/q;;2*-1. The Balaban J connectivity index is 0.000000309. The van der Waals surface area contributed by atoms with Gasteiger partial charge in [-0.05, 0) is 35.9 Å². The predicted octanol–water partition coefficient (Wildman–Crippen LogP) is 4.94. The minimum Gasteiger partial charge on any atom is -0.508 e. The Morgan fingerprint density at radius 2 is 1.11 bits per heavy atom. The van der Waals surface area contributed by atoms with E-state index >= 15 is 0 Å². The number of phenols is 4. The van der Waals surface area contributed by atoms with E-state index in [1.165, 1.54) is 40.2 Å². The minimum atomic E-state index is -0.606. The van der Waals surface area contributed by atoms with Gasteiger partial charge in [0.25, 0.3) is 0 Å². The van der Waals surface area contributed by atoms with Gasteiger partial charge in [0.05, 0.1) is 11.1 Å².